The fraction of sp³-hybridized carbons (Fsp3) is 0.381. The predicted octanol–water partition coefficient (Wildman–Crippen LogP) is 3.40. The lowest BCUT2D eigenvalue weighted by Crippen LogP contribution is -2.46. The Morgan fingerprint density at radius 1 is 1.17 bits per heavy atom. The molecule has 1 aliphatic heterocycles. The van der Waals surface area contributed by atoms with Crippen LogP contribution in [0.1, 0.15) is 12.0 Å². The summed E-state index contributed by atoms with van der Waals surface area (Å²) < 4.78 is 5.16. The molecule has 9 heteroatoms. The molecule has 1 aliphatic rings. The number of carbonyl (C=O) groups excluding carboxylic acids is 1. The van der Waals surface area contributed by atoms with Crippen LogP contribution in [0.4, 0.5) is 11.4 Å². The molecule has 1 heterocycles. The van der Waals surface area contributed by atoms with Gasteiger partial charge in [-0.2, -0.15) is 0 Å². The highest BCUT2D eigenvalue weighted by Crippen LogP contribution is 2.29. The average molecular weight is 433 g/mol. The summed E-state index contributed by atoms with van der Waals surface area (Å²) in [6.45, 7) is 5.19. The highest BCUT2D eigenvalue weighted by Gasteiger charge is 2.18. The quantitative estimate of drug-likeness (QED) is 0.508. The van der Waals surface area contributed by atoms with Crippen molar-refractivity contribution >= 4 is 28.9 Å². The van der Waals surface area contributed by atoms with Crippen molar-refractivity contribution in [3.05, 3.63) is 63.2 Å². The van der Waals surface area contributed by atoms with Gasteiger partial charge in [0.15, 0.2) is 0 Å². The van der Waals surface area contributed by atoms with Gasteiger partial charge in [-0.25, -0.2) is 0 Å². The van der Waals surface area contributed by atoms with Crippen molar-refractivity contribution in [3.8, 4) is 5.75 Å². The summed E-state index contributed by atoms with van der Waals surface area (Å²) in [5, 5.41) is 14.4. The third kappa shape index (κ3) is 6.16. The van der Waals surface area contributed by atoms with Gasteiger partial charge in [0.25, 0.3) is 5.69 Å². The lowest BCUT2D eigenvalue weighted by atomic mass is 10.2. The van der Waals surface area contributed by atoms with Gasteiger partial charge in [0, 0.05) is 56.8 Å². The van der Waals surface area contributed by atoms with E-state index in [4.69, 9.17) is 16.3 Å². The fourth-order valence-electron chi connectivity index (χ4n) is 3.43. The fourth-order valence-corrected chi connectivity index (χ4v) is 3.65. The van der Waals surface area contributed by atoms with E-state index < -0.39 is 4.92 Å². The Morgan fingerprint density at radius 3 is 2.57 bits per heavy atom. The molecule has 1 fully saturated rings. The van der Waals surface area contributed by atoms with Crippen LogP contribution >= 0.6 is 11.6 Å². The highest BCUT2D eigenvalue weighted by atomic mass is 35.5. The van der Waals surface area contributed by atoms with Gasteiger partial charge >= 0.3 is 0 Å². The number of nitrogens with zero attached hydrogens (tertiary/aromatic N) is 3. The second kappa shape index (κ2) is 10.4. The molecule has 0 aromatic heterocycles. The van der Waals surface area contributed by atoms with Gasteiger partial charge in [-0.05, 0) is 23.8 Å². The van der Waals surface area contributed by atoms with E-state index in [0.717, 1.165) is 37.7 Å². The number of nitrogens with one attached hydrogen (secondary N) is 1. The Morgan fingerprint density at radius 2 is 1.90 bits per heavy atom. The molecule has 30 heavy (non-hydrogen) atoms. The second-order valence-electron chi connectivity index (χ2n) is 7.19. The first kappa shape index (κ1) is 22.0. The van der Waals surface area contributed by atoms with Gasteiger partial charge in [-0.3, -0.25) is 19.8 Å². The van der Waals surface area contributed by atoms with E-state index in [-0.39, 0.29) is 17.3 Å². The maximum atomic E-state index is 12.3. The summed E-state index contributed by atoms with van der Waals surface area (Å²) in [6, 6.07) is 12.0. The number of ether oxygens (including phenoxy) is 1. The zero-order chi connectivity index (χ0) is 21.5. The molecule has 2 aromatic carbocycles. The van der Waals surface area contributed by atoms with E-state index in [1.165, 1.54) is 30.9 Å². The van der Waals surface area contributed by atoms with Gasteiger partial charge in [0.2, 0.25) is 5.91 Å². The molecule has 1 saturated heterocycles. The highest BCUT2D eigenvalue weighted by molar-refractivity contribution is 6.30. The Kier molecular flexibility index (Phi) is 7.62. The van der Waals surface area contributed by atoms with Gasteiger partial charge in [-0.1, -0.05) is 23.7 Å². The standard InChI is InChI=1S/C21H25ClN4O4/c1-30-20-14-18(26(28)29)5-6-19(20)23-21(27)7-8-24-9-11-25(12-10-24)15-16-3-2-4-17(22)13-16/h2-6,13-14H,7-12,15H2,1H3,(H,23,27). The first-order valence-corrected chi connectivity index (χ1v) is 10.1. The van der Waals surface area contributed by atoms with Crippen LogP contribution in [0.2, 0.25) is 5.02 Å². The maximum Gasteiger partial charge on any atom is 0.273 e. The molecule has 3 rings (SSSR count). The number of amides is 1. The van der Waals surface area contributed by atoms with Crippen LogP contribution in [0, 0.1) is 10.1 Å². The summed E-state index contributed by atoms with van der Waals surface area (Å²) in [5.41, 5.74) is 1.55. The Hall–Kier alpha value is -2.68. The van der Waals surface area contributed by atoms with Crippen molar-refractivity contribution in [2.24, 2.45) is 0 Å². The number of nitro groups is 1. The smallest absolute Gasteiger partial charge is 0.273 e. The molecule has 8 nitrogen and oxygen atoms in total. The van der Waals surface area contributed by atoms with Crippen LogP contribution < -0.4 is 10.1 Å². The monoisotopic (exact) mass is 432 g/mol. The minimum absolute atomic E-state index is 0.0829. The zero-order valence-corrected chi connectivity index (χ0v) is 17.6. The molecule has 0 saturated carbocycles. The van der Waals surface area contributed by atoms with E-state index in [1.807, 2.05) is 18.2 Å². The van der Waals surface area contributed by atoms with E-state index in [9.17, 15) is 14.9 Å². The number of piperazine rings is 1. The minimum Gasteiger partial charge on any atom is -0.494 e. The van der Waals surface area contributed by atoms with Gasteiger partial charge in [0.1, 0.15) is 5.75 Å². The van der Waals surface area contributed by atoms with E-state index in [1.54, 1.807) is 0 Å². The van der Waals surface area contributed by atoms with Crippen molar-refractivity contribution in [2.45, 2.75) is 13.0 Å². The normalized spacial score (nSPS) is 15.0. The third-order valence-electron chi connectivity index (χ3n) is 5.09. The van der Waals surface area contributed by atoms with Crippen LogP contribution in [-0.2, 0) is 11.3 Å². The number of nitro benzene ring substituents is 1. The molecule has 0 bridgehead atoms. The van der Waals surface area contributed by atoms with Crippen molar-refractivity contribution in [2.75, 3.05) is 45.2 Å². The summed E-state index contributed by atoms with van der Waals surface area (Å²) in [6.07, 6.45) is 0.342. The van der Waals surface area contributed by atoms with E-state index in [0.29, 0.717) is 18.7 Å². The number of halogens is 1. The predicted molar refractivity (Wildman–Crippen MR) is 116 cm³/mol. The summed E-state index contributed by atoms with van der Waals surface area (Å²) in [5.74, 6) is 0.121. The lowest BCUT2D eigenvalue weighted by Gasteiger charge is -2.34. The van der Waals surface area contributed by atoms with E-state index >= 15 is 0 Å². The van der Waals surface area contributed by atoms with Crippen LogP contribution in [0.25, 0.3) is 0 Å². The largest absolute Gasteiger partial charge is 0.494 e. The third-order valence-corrected chi connectivity index (χ3v) is 5.32. The zero-order valence-electron chi connectivity index (χ0n) is 16.8. The molecule has 160 valence electrons. The molecule has 2 aromatic rings. The van der Waals surface area contributed by atoms with Crippen LogP contribution in [0.15, 0.2) is 42.5 Å². The Balaban J connectivity index is 1.43. The second-order valence-corrected chi connectivity index (χ2v) is 7.62. The molecule has 0 radical (unpaired) electrons. The van der Waals surface area contributed by atoms with Crippen molar-refractivity contribution in [1.82, 2.24) is 9.80 Å². The number of rotatable bonds is 8. The number of methoxy groups -OCH3 is 1. The first-order chi connectivity index (χ1) is 14.4. The molecule has 0 spiro atoms. The number of hydrogen-bond donors (Lipinski definition) is 1. The Labute approximate surface area is 180 Å². The van der Waals surface area contributed by atoms with Crippen molar-refractivity contribution in [1.29, 1.82) is 0 Å². The number of non-ortho nitro benzene ring substituents is 1. The number of carbonyl (C=O) groups is 1. The summed E-state index contributed by atoms with van der Waals surface area (Å²) >= 11 is 6.05. The maximum absolute atomic E-state index is 12.3. The Bertz CT molecular complexity index is 900. The van der Waals surface area contributed by atoms with Crippen molar-refractivity contribution < 1.29 is 14.5 Å². The number of anilines is 1. The van der Waals surface area contributed by atoms with Gasteiger partial charge in [0.05, 0.1) is 23.8 Å². The van der Waals surface area contributed by atoms with Crippen molar-refractivity contribution in [3.63, 3.8) is 0 Å². The average Bonchev–Trinajstić information content (AvgIpc) is 2.73. The van der Waals surface area contributed by atoms with Crippen LogP contribution in [-0.4, -0.2) is 60.5 Å². The topological polar surface area (TPSA) is 87.9 Å². The molecule has 0 atom stereocenters. The number of benzene rings is 2. The molecule has 1 amide bonds. The van der Waals surface area contributed by atoms with Crippen LogP contribution in [0.3, 0.4) is 0 Å². The molecule has 0 unspecified atom stereocenters. The van der Waals surface area contributed by atoms with Gasteiger partial charge in [-0.15, -0.1) is 0 Å². The molecular formula is C21H25ClN4O4. The van der Waals surface area contributed by atoms with Crippen LogP contribution in [0.5, 0.6) is 5.75 Å². The van der Waals surface area contributed by atoms with Gasteiger partial charge < -0.3 is 15.0 Å². The summed E-state index contributed by atoms with van der Waals surface area (Å²) in [7, 11) is 1.41. The molecule has 0 aliphatic carbocycles. The molecular weight excluding hydrogens is 408 g/mol. The SMILES string of the molecule is COc1cc([N+](=O)[O-])ccc1NC(=O)CCN1CCN(Cc2cccc(Cl)c2)CC1. The lowest BCUT2D eigenvalue weighted by molar-refractivity contribution is -0.384. The summed E-state index contributed by atoms with van der Waals surface area (Å²) in [4.78, 5) is 27.3. The number of hydrogen-bond acceptors (Lipinski definition) is 6. The van der Waals surface area contributed by atoms with E-state index in [2.05, 4.69) is 21.2 Å². The first-order valence-electron chi connectivity index (χ1n) is 9.76. The molecule has 1 N–H and O–H groups in total. The minimum atomic E-state index is -0.500.